The minimum Gasteiger partial charge on any atom is -0.462 e. The topological polar surface area (TPSA) is 50.1 Å². The minimum atomic E-state index is -0.465. The first-order chi connectivity index (χ1) is 7.70. The van der Waals surface area contributed by atoms with Crippen LogP contribution in [0, 0.1) is 17.2 Å². The van der Waals surface area contributed by atoms with Gasteiger partial charge in [0.05, 0.1) is 6.61 Å². The maximum atomic E-state index is 11.6. The average Bonchev–Trinajstić information content (AvgIpc) is 2.31. The lowest BCUT2D eigenvalue weighted by Crippen LogP contribution is -2.14. The zero-order chi connectivity index (χ0) is 12.0. The van der Waals surface area contributed by atoms with Crippen LogP contribution >= 0.6 is 0 Å². The molecular weight excluding hydrogens is 202 g/mol. The van der Waals surface area contributed by atoms with Gasteiger partial charge in [0.1, 0.15) is 11.6 Å². The maximum Gasteiger partial charge on any atom is 0.348 e. The van der Waals surface area contributed by atoms with Crippen LogP contribution in [0.5, 0.6) is 0 Å². The molecule has 1 saturated carbocycles. The number of carbonyl (C=O) groups excluding carboxylic acids is 1. The summed E-state index contributed by atoms with van der Waals surface area (Å²) in [6, 6.07) is 1.99. The summed E-state index contributed by atoms with van der Waals surface area (Å²) in [6.45, 7) is 3.97. The Balaban J connectivity index is 2.81. The number of allylic oxidation sites excluding steroid dienone is 1. The first kappa shape index (κ1) is 12.8. The van der Waals surface area contributed by atoms with Crippen LogP contribution in [0.4, 0.5) is 0 Å². The molecule has 0 amide bonds. The van der Waals surface area contributed by atoms with Crippen molar-refractivity contribution in [1.29, 1.82) is 5.26 Å². The zero-order valence-electron chi connectivity index (χ0n) is 10.1. The van der Waals surface area contributed by atoms with E-state index in [2.05, 4.69) is 0 Å². The molecule has 0 aromatic carbocycles. The number of rotatable bonds is 3. The molecule has 1 fully saturated rings. The normalized spacial score (nSPS) is 18.6. The molecular formula is C13H19NO2. The highest BCUT2D eigenvalue weighted by Crippen LogP contribution is 2.31. The van der Waals surface area contributed by atoms with E-state index in [0.29, 0.717) is 12.5 Å². The third kappa shape index (κ3) is 3.10. The van der Waals surface area contributed by atoms with Gasteiger partial charge in [-0.2, -0.15) is 5.26 Å². The van der Waals surface area contributed by atoms with E-state index in [-0.39, 0.29) is 5.57 Å². The van der Waals surface area contributed by atoms with Crippen molar-refractivity contribution in [3.63, 3.8) is 0 Å². The van der Waals surface area contributed by atoms with Gasteiger partial charge in [0.2, 0.25) is 0 Å². The van der Waals surface area contributed by atoms with Gasteiger partial charge in [0, 0.05) is 0 Å². The van der Waals surface area contributed by atoms with Gasteiger partial charge in [0.15, 0.2) is 0 Å². The lowest BCUT2D eigenvalue weighted by molar-refractivity contribution is -0.138. The Labute approximate surface area is 97.1 Å². The average molecular weight is 221 g/mol. The van der Waals surface area contributed by atoms with Gasteiger partial charge in [-0.25, -0.2) is 4.79 Å². The molecule has 0 aromatic rings. The van der Waals surface area contributed by atoms with Crippen LogP contribution in [0.3, 0.4) is 0 Å². The molecule has 0 saturated heterocycles. The Bertz CT molecular complexity index is 319. The van der Waals surface area contributed by atoms with Crippen LogP contribution in [0.15, 0.2) is 11.1 Å². The lowest BCUT2D eigenvalue weighted by Gasteiger charge is -2.22. The van der Waals surface area contributed by atoms with Crippen molar-refractivity contribution in [3.05, 3.63) is 11.1 Å². The molecule has 0 heterocycles. The second-order valence-electron chi connectivity index (χ2n) is 4.23. The number of nitriles is 1. The van der Waals surface area contributed by atoms with Crippen LogP contribution in [-0.4, -0.2) is 12.6 Å². The Morgan fingerprint density at radius 3 is 2.50 bits per heavy atom. The summed E-state index contributed by atoms with van der Waals surface area (Å²) in [6.07, 6.45) is 5.85. The van der Waals surface area contributed by atoms with Crippen molar-refractivity contribution in [2.75, 3.05) is 6.61 Å². The molecule has 0 aliphatic heterocycles. The van der Waals surface area contributed by atoms with E-state index >= 15 is 0 Å². The van der Waals surface area contributed by atoms with E-state index in [4.69, 9.17) is 10.00 Å². The highest BCUT2D eigenvalue weighted by atomic mass is 16.5. The Morgan fingerprint density at radius 2 is 2.00 bits per heavy atom. The third-order valence-corrected chi connectivity index (χ3v) is 3.20. The molecule has 0 unspecified atom stereocenters. The van der Waals surface area contributed by atoms with Gasteiger partial charge in [0.25, 0.3) is 0 Å². The molecule has 0 spiro atoms. The number of hydrogen-bond acceptors (Lipinski definition) is 3. The molecule has 88 valence electrons. The van der Waals surface area contributed by atoms with Gasteiger partial charge in [-0.3, -0.25) is 0 Å². The van der Waals surface area contributed by atoms with Gasteiger partial charge >= 0.3 is 5.97 Å². The fraction of sp³-hybridized carbons (Fsp3) is 0.692. The second-order valence-corrected chi connectivity index (χ2v) is 4.23. The molecule has 0 radical (unpaired) electrons. The fourth-order valence-corrected chi connectivity index (χ4v) is 2.24. The summed E-state index contributed by atoms with van der Waals surface area (Å²) < 4.78 is 4.89. The summed E-state index contributed by atoms with van der Waals surface area (Å²) in [5.41, 5.74) is 1.13. The molecule has 1 rings (SSSR count). The van der Waals surface area contributed by atoms with Crippen LogP contribution < -0.4 is 0 Å². The first-order valence-electron chi connectivity index (χ1n) is 5.98. The van der Waals surface area contributed by atoms with E-state index < -0.39 is 5.97 Å². The fourth-order valence-electron chi connectivity index (χ4n) is 2.24. The van der Waals surface area contributed by atoms with E-state index in [9.17, 15) is 4.79 Å². The van der Waals surface area contributed by atoms with Crippen molar-refractivity contribution < 1.29 is 9.53 Å². The number of hydrogen-bond donors (Lipinski definition) is 0. The standard InChI is InChI=1S/C13H19NO2/c1-3-16-13(15)12(9-14)10(2)11-7-5-4-6-8-11/h11H,3-8H2,1-2H3. The quantitative estimate of drug-likeness (QED) is 0.418. The Morgan fingerprint density at radius 1 is 1.38 bits per heavy atom. The van der Waals surface area contributed by atoms with Gasteiger partial charge in [-0.05, 0) is 38.2 Å². The van der Waals surface area contributed by atoms with Crippen LogP contribution in [0.1, 0.15) is 46.0 Å². The van der Waals surface area contributed by atoms with E-state index in [1.165, 1.54) is 19.3 Å². The van der Waals surface area contributed by atoms with Crippen molar-refractivity contribution in [1.82, 2.24) is 0 Å². The predicted molar refractivity (Wildman–Crippen MR) is 61.5 cm³/mol. The molecule has 0 bridgehead atoms. The summed E-state index contributed by atoms with van der Waals surface area (Å²) in [7, 11) is 0. The maximum absolute atomic E-state index is 11.6. The molecule has 0 atom stereocenters. The summed E-state index contributed by atoms with van der Waals surface area (Å²) in [5, 5.41) is 9.02. The van der Waals surface area contributed by atoms with Crippen LogP contribution in [0.2, 0.25) is 0 Å². The first-order valence-corrected chi connectivity index (χ1v) is 5.98. The Hall–Kier alpha value is -1.30. The largest absolute Gasteiger partial charge is 0.462 e. The minimum absolute atomic E-state index is 0.216. The summed E-state index contributed by atoms with van der Waals surface area (Å²) in [4.78, 5) is 11.6. The lowest BCUT2D eigenvalue weighted by atomic mass is 9.82. The molecule has 16 heavy (non-hydrogen) atoms. The Kier molecular flexibility index (Phi) is 5.04. The molecule has 1 aliphatic carbocycles. The van der Waals surface area contributed by atoms with E-state index in [0.717, 1.165) is 18.4 Å². The van der Waals surface area contributed by atoms with Crippen molar-refractivity contribution >= 4 is 5.97 Å². The summed E-state index contributed by atoms with van der Waals surface area (Å²) >= 11 is 0. The van der Waals surface area contributed by atoms with Crippen LogP contribution in [-0.2, 0) is 9.53 Å². The van der Waals surface area contributed by atoms with Crippen molar-refractivity contribution in [2.45, 2.75) is 46.0 Å². The molecule has 3 nitrogen and oxygen atoms in total. The van der Waals surface area contributed by atoms with E-state index in [1.807, 2.05) is 13.0 Å². The zero-order valence-corrected chi connectivity index (χ0v) is 10.1. The molecule has 0 N–H and O–H groups in total. The third-order valence-electron chi connectivity index (χ3n) is 3.20. The number of carbonyl (C=O) groups is 1. The van der Waals surface area contributed by atoms with Crippen molar-refractivity contribution in [2.24, 2.45) is 5.92 Å². The molecule has 1 aliphatic rings. The number of esters is 1. The second kappa shape index (κ2) is 6.32. The van der Waals surface area contributed by atoms with Crippen molar-refractivity contribution in [3.8, 4) is 6.07 Å². The molecule has 0 aromatic heterocycles. The smallest absolute Gasteiger partial charge is 0.348 e. The molecule has 3 heteroatoms. The summed E-state index contributed by atoms with van der Waals surface area (Å²) in [5.74, 6) is -0.0686. The van der Waals surface area contributed by atoms with E-state index in [1.54, 1.807) is 6.92 Å². The monoisotopic (exact) mass is 221 g/mol. The van der Waals surface area contributed by atoms with Gasteiger partial charge < -0.3 is 4.74 Å². The predicted octanol–water partition coefficient (Wildman–Crippen LogP) is 2.97. The van der Waals surface area contributed by atoms with Crippen LogP contribution in [0.25, 0.3) is 0 Å². The van der Waals surface area contributed by atoms with Gasteiger partial charge in [-0.15, -0.1) is 0 Å². The highest BCUT2D eigenvalue weighted by Gasteiger charge is 2.21. The highest BCUT2D eigenvalue weighted by molar-refractivity contribution is 5.93. The number of ether oxygens (including phenoxy) is 1. The number of nitrogens with zero attached hydrogens (tertiary/aromatic N) is 1. The van der Waals surface area contributed by atoms with Gasteiger partial charge in [-0.1, -0.05) is 19.3 Å². The SMILES string of the molecule is CCOC(=O)C(C#N)=C(C)C1CCCCC1.